The first-order valence-electron chi connectivity index (χ1n) is 15.5. The minimum absolute atomic E-state index is 0.112. The van der Waals surface area contributed by atoms with E-state index in [9.17, 15) is 4.79 Å². The highest BCUT2D eigenvalue weighted by Crippen LogP contribution is 2.36. The van der Waals surface area contributed by atoms with Crippen LogP contribution < -0.4 is 0 Å². The summed E-state index contributed by atoms with van der Waals surface area (Å²) in [6.07, 6.45) is 26.6. The molecule has 5 heteroatoms. The van der Waals surface area contributed by atoms with Gasteiger partial charge in [-0.3, -0.25) is 4.79 Å². The van der Waals surface area contributed by atoms with Gasteiger partial charge < -0.3 is 9.13 Å². The van der Waals surface area contributed by atoms with Crippen molar-refractivity contribution in [3.63, 3.8) is 0 Å². The molecule has 2 aromatic carbocycles. The van der Waals surface area contributed by atoms with Gasteiger partial charge in [-0.05, 0) is 59.8 Å². The number of carbonyl (C=O) groups is 1. The van der Waals surface area contributed by atoms with Crippen LogP contribution in [-0.2, 0) is 4.79 Å². The van der Waals surface area contributed by atoms with Crippen molar-refractivity contribution in [2.45, 2.75) is 101 Å². The molecule has 2 aliphatic carbocycles. The normalized spacial score (nSPS) is 19.0. The van der Waals surface area contributed by atoms with E-state index >= 15 is 0 Å². The van der Waals surface area contributed by atoms with Crippen molar-refractivity contribution < 1.29 is 4.79 Å². The van der Waals surface area contributed by atoms with E-state index in [4.69, 9.17) is 0 Å². The molecule has 0 amide bonds. The number of rotatable bonds is 8. The van der Waals surface area contributed by atoms with Crippen LogP contribution in [0, 0.1) is 0 Å². The van der Waals surface area contributed by atoms with Crippen molar-refractivity contribution in [3.8, 4) is 0 Å². The molecule has 0 bridgehead atoms. The zero-order valence-electron chi connectivity index (χ0n) is 23.6. The summed E-state index contributed by atoms with van der Waals surface area (Å²) in [6.45, 7) is 0. The van der Waals surface area contributed by atoms with Gasteiger partial charge in [0.25, 0.3) is 0 Å². The first kappa shape index (κ1) is 26.7. The standard InChI is InChI=1S/C35H42N4O/c40-35(33(38-23-21-36-25-38)31-17-13-29(14-18-31)27-9-5-1-2-6-10-27)34(39-24-22-37-26-39)32-19-15-30(16-20-32)28-11-7-3-4-8-12-28/h13-28,33-34H,1-12H2. The van der Waals surface area contributed by atoms with Gasteiger partial charge in [-0.2, -0.15) is 0 Å². The Hall–Kier alpha value is -3.47. The van der Waals surface area contributed by atoms with Crippen LogP contribution in [0.2, 0.25) is 0 Å². The number of imidazole rings is 2. The van der Waals surface area contributed by atoms with Gasteiger partial charge in [0.15, 0.2) is 5.78 Å². The number of hydrogen-bond acceptors (Lipinski definition) is 3. The zero-order valence-corrected chi connectivity index (χ0v) is 23.6. The molecule has 2 aromatic heterocycles. The van der Waals surface area contributed by atoms with E-state index in [-0.39, 0.29) is 5.78 Å². The SMILES string of the molecule is O=C(C(c1ccc(C2CCCCCC2)cc1)n1ccnc1)C(c1ccc(C2CCCCCC2)cc1)n1ccnc1. The number of benzene rings is 2. The molecule has 4 aromatic rings. The van der Waals surface area contributed by atoms with Crippen molar-refractivity contribution in [2.24, 2.45) is 0 Å². The minimum atomic E-state index is -0.473. The van der Waals surface area contributed by atoms with Crippen LogP contribution >= 0.6 is 0 Å². The third kappa shape index (κ3) is 5.99. The summed E-state index contributed by atoms with van der Waals surface area (Å²) >= 11 is 0. The molecule has 0 spiro atoms. The second kappa shape index (κ2) is 12.8. The molecule has 5 nitrogen and oxygen atoms in total. The van der Waals surface area contributed by atoms with Gasteiger partial charge in [-0.15, -0.1) is 0 Å². The van der Waals surface area contributed by atoms with E-state index in [0.717, 1.165) is 11.1 Å². The Morgan fingerprint density at radius 2 is 0.950 bits per heavy atom. The predicted molar refractivity (Wildman–Crippen MR) is 160 cm³/mol. The average Bonchev–Trinajstić information content (AvgIpc) is 3.56. The minimum Gasteiger partial charge on any atom is -0.323 e. The van der Waals surface area contributed by atoms with Gasteiger partial charge in [-0.25, -0.2) is 9.97 Å². The highest BCUT2D eigenvalue weighted by molar-refractivity contribution is 5.91. The fraction of sp³-hybridized carbons (Fsp3) is 0.457. The molecule has 2 heterocycles. The van der Waals surface area contributed by atoms with Gasteiger partial charge in [0, 0.05) is 24.8 Å². The first-order chi connectivity index (χ1) is 19.8. The maximum absolute atomic E-state index is 14.6. The van der Waals surface area contributed by atoms with Crippen LogP contribution in [0.5, 0.6) is 0 Å². The lowest BCUT2D eigenvalue weighted by Crippen LogP contribution is -2.29. The lowest BCUT2D eigenvalue weighted by molar-refractivity contribution is -0.123. The molecule has 208 valence electrons. The molecule has 6 rings (SSSR count). The molecule has 2 atom stereocenters. The summed E-state index contributed by atoms with van der Waals surface area (Å²) < 4.78 is 3.90. The highest BCUT2D eigenvalue weighted by Gasteiger charge is 2.32. The van der Waals surface area contributed by atoms with Gasteiger partial charge in [-0.1, -0.05) is 99.9 Å². The van der Waals surface area contributed by atoms with E-state index in [0.29, 0.717) is 11.8 Å². The Kier molecular flexibility index (Phi) is 8.56. The molecule has 2 saturated carbocycles. The molecule has 0 saturated heterocycles. The summed E-state index contributed by atoms with van der Waals surface area (Å²) in [6, 6.07) is 16.8. The van der Waals surface area contributed by atoms with Crippen molar-refractivity contribution in [1.29, 1.82) is 0 Å². The summed E-state index contributed by atoms with van der Waals surface area (Å²) in [5.74, 6) is 1.37. The van der Waals surface area contributed by atoms with Crippen LogP contribution in [0.15, 0.2) is 86.0 Å². The van der Waals surface area contributed by atoms with Crippen molar-refractivity contribution in [3.05, 3.63) is 108 Å². The fourth-order valence-electron chi connectivity index (χ4n) is 7.09. The number of hydrogen-bond donors (Lipinski definition) is 0. The molecular formula is C35H42N4O. The average molecular weight is 535 g/mol. The zero-order chi connectivity index (χ0) is 27.1. The predicted octanol–water partition coefficient (Wildman–Crippen LogP) is 8.40. The van der Waals surface area contributed by atoms with Crippen LogP contribution in [-0.4, -0.2) is 24.9 Å². The molecule has 40 heavy (non-hydrogen) atoms. The molecular weight excluding hydrogens is 492 g/mol. The van der Waals surface area contributed by atoms with Crippen LogP contribution in [0.3, 0.4) is 0 Å². The van der Waals surface area contributed by atoms with Gasteiger partial charge in [0.05, 0.1) is 12.7 Å². The van der Waals surface area contributed by atoms with Crippen molar-refractivity contribution >= 4 is 5.78 Å². The second-order valence-corrected chi connectivity index (χ2v) is 11.9. The summed E-state index contributed by atoms with van der Waals surface area (Å²) in [7, 11) is 0. The fourth-order valence-corrected chi connectivity index (χ4v) is 7.09. The Balaban J connectivity index is 1.31. The van der Waals surface area contributed by atoms with E-state index in [1.165, 1.54) is 88.2 Å². The van der Waals surface area contributed by atoms with Crippen LogP contribution in [0.4, 0.5) is 0 Å². The third-order valence-electron chi connectivity index (χ3n) is 9.34. The van der Waals surface area contributed by atoms with Crippen molar-refractivity contribution in [1.82, 2.24) is 19.1 Å². The highest BCUT2D eigenvalue weighted by atomic mass is 16.1. The summed E-state index contributed by atoms with van der Waals surface area (Å²) in [5, 5.41) is 0. The molecule has 2 fully saturated rings. The second-order valence-electron chi connectivity index (χ2n) is 11.9. The lowest BCUT2D eigenvalue weighted by atomic mass is 9.87. The number of Topliss-reactive ketones (excluding diaryl/α,β-unsaturated/α-hetero) is 1. The Labute approximate surface area is 238 Å². The van der Waals surface area contributed by atoms with E-state index in [1.807, 2.05) is 21.5 Å². The molecule has 0 radical (unpaired) electrons. The maximum atomic E-state index is 14.6. The number of ketones is 1. The molecule has 0 aliphatic heterocycles. The quantitative estimate of drug-likeness (QED) is 0.213. The molecule has 0 N–H and O–H groups in total. The first-order valence-corrected chi connectivity index (χ1v) is 15.5. The van der Waals surface area contributed by atoms with E-state index < -0.39 is 12.1 Å². The monoisotopic (exact) mass is 534 g/mol. The number of aromatic nitrogens is 4. The number of nitrogens with zero attached hydrogens (tertiary/aromatic N) is 4. The van der Waals surface area contributed by atoms with E-state index in [2.05, 4.69) is 58.5 Å². The van der Waals surface area contributed by atoms with Crippen LogP contribution in [0.25, 0.3) is 0 Å². The largest absolute Gasteiger partial charge is 0.323 e. The lowest BCUT2D eigenvalue weighted by Gasteiger charge is -2.26. The topological polar surface area (TPSA) is 52.7 Å². The van der Waals surface area contributed by atoms with Crippen LogP contribution in [0.1, 0.15) is 123 Å². The van der Waals surface area contributed by atoms with Gasteiger partial charge in [0.2, 0.25) is 0 Å². The molecule has 2 unspecified atom stereocenters. The van der Waals surface area contributed by atoms with Crippen molar-refractivity contribution in [2.75, 3.05) is 0 Å². The van der Waals surface area contributed by atoms with E-state index in [1.54, 1.807) is 25.0 Å². The number of carbonyl (C=O) groups excluding carboxylic acids is 1. The van der Waals surface area contributed by atoms with Gasteiger partial charge >= 0.3 is 0 Å². The Bertz CT molecular complexity index is 1210. The third-order valence-corrected chi connectivity index (χ3v) is 9.34. The summed E-state index contributed by atoms with van der Waals surface area (Å²) in [4.78, 5) is 23.2. The molecule has 2 aliphatic rings. The summed E-state index contributed by atoms with van der Waals surface area (Å²) in [5.41, 5.74) is 4.81. The Morgan fingerprint density at radius 3 is 1.27 bits per heavy atom. The smallest absolute Gasteiger partial charge is 0.187 e. The maximum Gasteiger partial charge on any atom is 0.187 e. The Morgan fingerprint density at radius 1 is 0.575 bits per heavy atom. The van der Waals surface area contributed by atoms with Gasteiger partial charge in [0.1, 0.15) is 12.1 Å².